The molecule has 7 heteroatoms. The van der Waals surface area contributed by atoms with Gasteiger partial charge in [0.25, 0.3) is 11.6 Å². The molecule has 0 saturated heterocycles. The lowest BCUT2D eigenvalue weighted by molar-refractivity contribution is -0.384. The lowest BCUT2D eigenvalue weighted by Crippen LogP contribution is -2.26. The number of carboxylic acid groups (broad SMARTS) is 1. The predicted molar refractivity (Wildman–Crippen MR) is 76.6 cm³/mol. The van der Waals surface area contributed by atoms with E-state index in [4.69, 9.17) is 0 Å². The van der Waals surface area contributed by atoms with Crippen molar-refractivity contribution >= 4 is 23.3 Å². The number of non-ortho nitro benzene ring substituents is 1. The molecule has 0 spiro atoms. The number of carbonyl (C=O) groups excluding carboxylic acids is 2. The zero-order chi connectivity index (χ0) is 16.3. The number of carbonyl (C=O) groups is 2. The third kappa shape index (κ3) is 3.09. The van der Waals surface area contributed by atoms with E-state index in [1.807, 2.05) is 0 Å². The van der Waals surface area contributed by atoms with Crippen LogP contribution in [0, 0.1) is 17.0 Å². The molecule has 0 unspecified atom stereocenters. The molecule has 0 radical (unpaired) electrons. The number of nitro benzene ring substituents is 1. The first-order chi connectivity index (χ1) is 10.4. The first-order valence-electron chi connectivity index (χ1n) is 6.27. The van der Waals surface area contributed by atoms with Crippen LogP contribution in [0.3, 0.4) is 0 Å². The molecule has 0 atom stereocenters. The van der Waals surface area contributed by atoms with Crippen molar-refractivity contribution in [2.75, 3.05) is 5.32 Å². The van der Waals surface area contributed by atoms with Gasteiger partial charge in [0.1, 0.15) is 0 Å². The van der Waals surface area contributed by atoms with Gasteiger partial charge in [0, 0.05) is 23.3 Å². The number of rotatable bonds is 4. The highest BCUT2D eigenvalue weighted by Gasteiger charge is 2.15. The number of amides is 1. The van der Waals surface area contributed by atoms with E-state index >= 15 is 0 Å². The van der Waals surface area contributed by atoms with Crippen LogP contribution >= 0.6 is 0 Å². The second-order valence-corrected chi connectivity index (χ2v) is 4.54. The quantitative estimate of drug-likeness (QED) is 0.679. The number of hydrogen-bond acceptors (Lipinski definition) is 5. The lowest BCUT2D eigenvalue weighted by Gasteiger charge is -2.12. The molecular formula is C15H11N2O5-. The van der Waals surface area contributed by atoms with Crippen LogP contribution in [-0.2, 0) is 0 Å². The van der Waals surface area contributed by atoms with E-state index in [2.05, 4.69) is 5.32 Å². The highest BCUT2D eigenvalue weighted by atomic mass is 16.6. The van der Waals surface area contributed by atoms with E-state index < -0.39 is 16.8 Å². The Kier molecular flexibility index (Phi) is 4.17. The fourth-order valence-corrected chi connectivity index (χ4v) is 1.91. The topological polar surface area (TPSA) is 112 Å². The minimum atomic E-state index is -1.47. The summed E-state index contributed by atoms with van der Waals surface area (Å²) in [6.45, 7) is 1.67. The van der Waals surface area contributed by atoms with E-state index in [1.54, 1.807) is 6.92 Å². The summed E-state index contributed by atoms with van der Waals surface area (Å²) in [5.41, 5.74) is 0.364. The van der Waals surface area contributed by atoms with Gasteiger partial charge in [-0.1, -0.05) is 24.3 Å². The van der Waals surface area contributed by atoms with Crippen LogP contribution in [0.15, 0.2) is 42.5 Å². The first-order valence-corrected chi connectivity index (χ1v) is 6.27. The molecule has 0 fully saturated rings. The Balaban J connectivity index is 2.36. The molecule has 112 valence electrons. The SMILES string of the molecule is Cc1ccc([N+](=O)[O-])cc1NC(=O)c1ccccc1C(=O)[O-]. The summed E-state index contributed by atoms with van der Waals surface area (Å²) in [5, 5.41) is 24.3. The molecule has 2 aromatic rings. The Morgan fingerprint density at radius 2 is 1.73 bits per heavy atom. The third-order valence-electron chi connectivity index (χ3n) is 3.07. The summed E-state index contributed by atoms with van der Waals surface area (Å²) in [7, 11) is 0. The van der Waals surface area contributed by atoms with Crippen LogP contribution in [0.2, 0.25) is 0 Å². The van der Waals surface area contributed by atoms with Crippen LogP contribution in [-0.4, -0.2) is 16.8 Å². The fourth-order valence-electron chi connectivity index (χ4n) is 1.91. The van der Waals surface area contributed by atoms with Gasteiger partial charge in [0.05, 0.1) is 16.6 Å². The molecule has 0 aromatic heterocycles. The Bertz CT molecular complexity index is 770. The Morgan fingerprint density at radius 1 is 1.09 bits per heavy atom. The monoisotopic (exact) mass is 299 g/mol. The van der Waals surface area contributed by atoms with E-state index in [1.165, 1.54) is 42.5 Å². The molecule has 1 amide bonds. The number of nitrogens with one attached hydrogen (secondary N) is 1. The number of benzene rings is 2. The zero-order valence-electron chi connectivity index (χ0n) is 11.5. The molecule has 22 heavy (non-hydrogen) atoms. The minimum Gasteiger partial charge on any atom is -0.545 e. The Hall–Kier alpha value is -3.22. The smallest absolute Gasteiger partial charge is 0.271 e. The molecule has 0 aliphatic rings. The number of aromatic carboxylic acids is 1. The number of hydrogen-bond donors (Lipinski definition) is 1. The summed E-state index contributed by atoms with van der Waals surface area (Å²) >= 11 is 0. The minimum absolute atomic E-state index is 0.0755. The van der Waals surface area contributed by atoms with Crippen LogP contribution < -0.4 is 10.4 Å². The summed E-state index contributed by atoms with van der Waals surface area (Å²) in [4.78, 5) is 33.4. The summed E-state index contributed by atoms with van der Waals surface area (Å²) in [5.74, 6) is -2.15. The molecule has 0 aliphatic heterocycles. The molecule has 1 N–H and O–H groups in total. The van der Waals surface area contributed by atoms with Crippen molar-refractivity contribution in [3.05, 3.63) is 69.3 Å². The van der Waals surface area contributed by atoms with Crippen molar-refractivity contribution in [2.45, 2.75) is 6.92 Å². The zero-order valence-corrected chi connectivity index (χ0v) is 11.5. The maximum absolute atomic E-state index is 12.2. The van der Waals surface area contributed by atoms with Crippen molar-refractivity contribution in [3.8, 4) is 0 Å². The van der Waals surface area contributed by atoms with E-state index in [0.29, 0.717) is 5.56 Å². The number of aryl methyl sites for hydroxylation is 1. The van der Waals surface area contributed by atoms with Crippen LogP contribution in [0.5, 0.6) is 0 Å². The molecule has 0 heterocycles. The second kappa shape index (κ2) is 6.04. The molecule has 2 aromatic carbocycles. The second-order valence-electron chi connectivity index (χ2n) is 4.54. The van der Waals surface area contributed by atoms with Gasteiger partial charge in [0.2, 0.25) is 0 Å². The predicted octanol–water partition coefficient (Wildman–Crippen LogP) is 1.52. The maximum atomic E-state index is 12.2. The number of anilines is 1. The molecule has 2 rings (SSSR count). The van der Waals surface area contributed by atoms with Gasteiger partial charge in [-0.2, -0.15) is 0 Å². The standard InChI is InChI=1S/C15H12N2O5/c1-9-6-7-10(17(21)22)8-13(9)16-14(18)11-4-2-3-5-12(11)15(19)20/h2-8H,1H3,(H,16,18)(H,19,20)/p-1. The Labute approximate surface area is 125 Å². The van der Waals surface area contributed by atoms with Gasteiger partial charge in [-0.25, -0.2) is 0 Å². The van der Waals surface area contributed by atoms with Crippen molar-refractivity contribution in [3.63, 3.8) is 0 Å². The molecule has 0 saturated carbocycles. The molecule has 0 bridgehead atoms. The van der Waals surface area contributed by atoms with Crippen LogP contribution in [0.4, 0.5) is 11.4 Å². The van der Waals surface area contributed by atoms with Crippen molar-refractivity contribution in [1.29, 1.82) is 0 Å². The maximum Gasteiger partial charge on any atom is 0.271 e. The van der Waals surface area contributed by atoms with Crippen LogP contribution in [0.1, 0.15) is 26.3 Å². The number of carboxylic acids is 1. The van der Waals surface area contributed by atoms with E-state index in [0.717, 1.165) is 0 Å². The summed E-state index contributed by atoms with van der Waals surface area (Å²) in [6.07, 6.45) is 0. The highest BCUT2D eigenvalue weighted by molar-refractivity contribution is 6.10. The van der Waals surface area contributed by atoms with E-state index in [-0.39, 0.29) is 22.5 Å². The van der Waals surface area contributed by atoms with E-state index in [9.17, 15) is 24.8 Å². The lowest BCUT2D eigenvalue weighted by atomic mass is 10.1. The highest BCUT2D eigenvalue weighted by Crippen LogP contribution is 2.22. The van der Waals surface area contributed by atoms with Gasteiger partial charge in [0.15, 0.2) is 0 Å². The average molecular weight is 299 g/mol. The van der Waals surface area contributed by atoms with Crippen molar-refractivity contribution < 1.29 is 19.6 Å². The fraction of sp³-hybridized carbons (Fsp3) is 0.0667. The molecule has 0 aliphatic carbocycles. The summed E-state index contributed by atoms with van der Waals surface area (Å²) < 4.78 is 0. The first kappa shape index (κ1) is 15.2. The molecular weight excluding hydrogens is 288 g/mol. The van der Waals surface area contributed by atoms with Gasteiger partial charge < -0.3 is 15.2 Å². The van der Waals surface area contributed by atoms with Gasteiger partial charge in [-0.15, -0.1) is 0 Å². The summed E-state index contributed by atoms with van der Waals surface area (Å²) in [6, 6.07) is 9.62. The van der Waals surface area contributed by atoms with Crippen molar-refractivity contribution in [1.82, 2.24) is 0 Å². The van der Waals surface area contributed by atoms with Gasteiger partial charge in [-0.3, -0.25) is 14.9 Å². The average Bonchev–Trinajstić information content (AvgIpc) is 2.49. The van der Waals surface area contributed by atoms with Gasteiger partial charge in [-0.05, 0) is 18.6 Å². The van der Waals surface area contributed by atoms with Crippen molar-refractivity contribution in [2.24, 2.45) is 0 Å². The van der Waals surface area contributed by atoms with Gasteiger partial charge >= 0.3 is 0 Å². The third-order valence-corrected chi connectivity index (χ3v) is 3.07. The largest absolute Gasteiger partial charge is 0.545 e. The number of nitrogens with zero attached hydrogens (tertiary/aromatic N) is 1. The Morgan fingerprint density at radius 3 is 2.32 bits per heavy atom. The van der Waals surface area contributed by atoms with Crippen LogP contribution in [0.25, 0.3) is 0 Å². The molecule has 7 nitrogen and oxygen atoms in total. The normalized spacial score (nSPS) is 10.0. The number of nitro groups is 1.